The Bertz CT molecular complexity index is 315. The Morgan fingerprint density at radius 2 is 2.15 bits per heavy atom. The first-order valence-corrected chi connectivity index (χ1v) is 4.04. The van der Waals surface area contributed by atoms with Gasteiger partial charge in [-0.05, 0) is 30.2 Å². The standard InChI is InChI=1S/C9H9ClO3/c1-5-2-6(4-7(10)3-5)8(11)9(12)13/h2-4,8,11H,1H3,(H,12,13)/p-1/t8-/m0/s1. The summed E-state index contributed by atoms with van der Waals surface area (Å²) in [5.41, 5.74) is 1.04. The Labute approximate surface area is 80.6 Å². The van der Waals surface area contributed by atoms with Crippen molar-refractivity contribution < 1.29 is 15.0 Å². The first-order valence-electron chi connectivity index (χ1n) is 3.66. The van der Waals surface area contributed by atoms with Gasteiger partial charge in [0.05, 0.1) is 5.97 Å². The van der Waals surface area contributed by atoms with Crippen molar-refractivity contribution in [1.82, 2.24) is 0 Å². The molecule has 0 saturated heterocycles. The van der Waals surface area contributed by atoms with E-state index in [0.29, 0.717) is 5.02 Å². The Morgan fingerprint density at radius 3 is 2.62 bits per heavy atom. The molecule has 70 valence electrons. The molecule has 3 nitrogen and oxygen atoms in total. The lowest BCUT2D eigenvalue weighted by Gasteiger charge is -2.12. The number of aliphatic hydroxyl groups is 1. The average Bonchev–Trinajstić information content (AvgIpc) is 2.01. The molecule has 0 aliphatic carbocycles. The first kappa shape index (κ1) is 10.0. The smallest absolute Gasteiger partial charge is 0.118 e. The number of benzene rings is 1. The summed E-state index contributed by atoms with van der Waals surface area (Å²) in [6.07, 6.45) is -1.61. The van der Waals surface area contributed by atoms with Crippen LogP contribution in [0.5, 0.6) is 0 Å². The van der Waals surface area contributed by atoms with E-state index >= 15 is 0 Å². The molecule has 0 heterocycles. The minimum atomic E-state index is -1.61. The summed E-state index contributed by atoms with van der Waals surface area (Å²) in [6, 6.07) is 4.62. The molecular weight excluding hydrogens is 192 g/mol. The largest absolute Gasteiger partial charge is 0.547 e. The van der Waals surface area contributed by atoms with Crippen molar-refractivity contribution in [2.24, 2.45) is 0 Å². The van der Waals surface area contributed by atoms with Gasteiger partial charge in [-0.2, -0.15) is 0 Å². The quantitative estimate of drug-likeness (QED) is 0.752. The minimum absolute atomic E-state index is 0.241. The second-order valence-corrected chi connectivity index (χ2v) is 3.22. The van der Waals surface area contributed by atoms with Gasteiger partial charge in [0, 0.05) is 5.02 Å². The highest BCUT2D eigenvalue weighted by molar-refractivity contribution is 6.30. The third-order valence-corrected chi connectivity index (χ3v) is 1.82. The number of hydrogen-bond acceptors (Lipinski definition) is 3. The lowest BCUT2D eigenvalue weighted by molar-refractivity contribution is -0.315. The van der Waals surface area contributed by atoms with Gasteiger partial charge < -0.3 is 15.0 Å². The SMILES string of the molecule is Cc1cc(Cl)cc([C@H](O)C(=O)[O-])c1. The molecule has 1 N–H and O–H groups in total. The molecule has 0 saturated carbocycles. The number of hydrogen-bond donors (Lipinski definition) is 1. The van der Waals surface area contributed by atoms with Crippen LogP contribution in [0.25, 0.3) is 0 Å². The predicted octanol–water partition coefficient (Wildman–Crippen LogP) is 0.432. The second-order valence-electron chi connectivity index (χ2n) is 2.78. The van der Waals surface area contributed by atoms with Gasteiger partial charge in [-0.3, -0.25) is 0 Å². The summed E-state index contributed by atoms with van der Waals surface area (Å²) in [4.78, 5) is 10.3. The second kappa shape index (κ2) is 3.77. The average molecular weight is 200 g/mol. The predicted molar refractivity (Wildman–Crippen MR) is 46.2 cm³/mol. The van der Waals surface area contributed by atoms with Crippen molar-refractivity contribution in [2.45, 2.75) is 13.0 Å². The fourth-order valence-electron chi connectivity index (χ4n) is 1.06. The van der Waals surface area contributed by atoms with E-state index < -0.39 is 12.1 Å². The van der Waals surface area contributed by atoms with Crippen molar-refractivity contribution in [3.05, 3.63) is 34.3 Å². The van der Waals surface area contributed by atoms with Crippen LogP contribution in [0.15, 0.2) is 18.2 Å². The van der Waals surface area contributed by atoms with Gasteiger partial charge in [0.25, 0.3) is 0 Å². The van der Waals surface area contributed by atoms with E-state index in [1.54, 1.807) is 19.1 Å². The molecule has 4 heteroatoms. The zero-order valence-electron chi connectivity index (χ0n) is 6.95. The van der Waals surface area contributed by atoms with Crippen LogP contribution >= 0.6 is 11.6 Å². The molecule has 0 unspecified atom stereocenters. The maximum atomic E-state index is 10.3. The normalized spacial score (nSPS) is 12.5. The molecular formula is C9H8ClO3-. The molecule has 0 bridgehead atoms. The Kier molecular flexibility index (Phi) is 2.90. The molecule has 0 aliphatic heterocycles. The third-order valence-electron chi connectivity index (χ3n) is 1.60. The van der Waals surface area contributed by atoms with Gasteiger partial charge in [0.1, 0.15) is 6.10 Å². The molecule has 1 aromatic rings. The van der Waals surface area contributed by atoms with Gasteiger partial charge in [-0.15, -0.1) is 0 Å². The van der Waals surface area contributed by atoms with Crippen LogP contribution in [-0.4, -0.2) is 11.1 Å². The molecule has 0 aliphatic rings. The number of aryl methyl sites for hydroxylation is 1. The molecule has 0 fully saturated rings. The highest BCUT2D eigenvalue weighted by atomic mass is 35.5. The molecule has 13 heavy (non-hydrogen) atoms. The number of aliphatic carboxylic acids is 1. The summed E-state index contributed by atoms with van der Waals surface area (Å²) in [5.74, 6) is -1.53. The fraction of sp³-hybridized carbons (Fsp3) is 0.222. The molecule has 1 atom stereocenters. The first-order chi connectivity index (χ1) is 6.00. The third kappa shape index (κ3) is 2.44. The monoisotopic (exact) mass is 199 g/mol. The van der Waals surface area contributed by atoms with Crippen LogP contribution < -0.4 is 5.11 Å². The lowest BCUT2D eigenvalue weighted by Crippen LogP contribution is -2.29. The highest BCUT2D eigenvalue weighted by Crippen LogP contribution is 2.19. The van der Waals surface area contributed by atoms with Gasteiger partial charge in [-0.1, -0.05) is 17.7 Å². The van der Waals surface area contributed by atoms with Gasteiger partial charge in [0.2, 0.25) is 0 Å². The van der Waals surface area contributed by atoms with Crippen LogP contribution in [0, 0.1) is 6.92 Å². The minimum Gasteiger partial charge on any atom is -0.547 e. The Balaban J connectivity index is 3.07. The zero-order chi connectivity index (χ0) is 10.0. The van der Waals surface area contributed by atoms with E-state index in [4.69, 9.17) is 16.7 Å². The number of rotatable bonds is 2. The summed E-state index contributed by atoms with van der Waals surface area (Å²) < 4.78 is 0. The number of halogens is 1. The van der Waals surface area contributed by atoms with Crippen molar-refractivity contribution in [2.75, 3.05) is 0 Å². The van der Waals surface area contributed by atoms with Gasteiger partial charge in [0.15, 0.2) is 0 Å². The van der Waals surface area contributed by atoms with Crippen LogP contribution in [0.4, 0.5) is 0 Å². The highest BCUT2D eigenvalue weighted by Gasteiger charge is 2.09. The number of carbonyl (C=O) groups excluding carboxylic acids is 1. The number of carbonyl (C=O) groups is 1. The van der Waals surface area contributed by atoms with Crippen LogP contribution in [0.3, 0.4) is 0 Å². The van der Waals surface area contributed by atoms with Crippen molar-refractivity contribution in [3.8, 4) is 0 Å². The van der Waals surface area contributed by atoms with Crippen molar-refractivity contribution >= 4 is 17.6 Å². The van der Waals surface area contributed by atoms with E-state index in [1.165, 1.54) is 6.07 Å². The maximum absolute atomic E-state index is 10.3. The Morgan fingerprint density at radius 1 is 1.54 bits per heavy atom. The summed E-state index contributed by atoms with van der Waals surface area (Å²) in [6.45, 7) is 1.76. The zero-order valence-corrected chi connectivity index (χ0v) is 7.71. The van der Waals surface area contributed by atoms with Gasteiger partial charge in [-0.25, -0.2) is 0 Å². The summed E-state index contributed by atoms with van der Waals surface area (Å²) >= 11 is 5.67. The van der Waals surface area contributed by atoms with Crippen LogP contribution in [-0.2, 0) is 4.79 Å². The lowest BCUT2D eigenvalue weighted by atomic mass is 10.1. The Hall–Kier alpha value is -1.06. The van der Waals surface area contributed by atoms with Crippen LogP contribution in [0.1, 0.15) is 17.2 Å². The fourth-order valence-corrected chi connectivity index (χ4v) is 1.36. The van der Waals surface area contributed by atoms with Crippen LogP contribution in [0.2, 0.25) is 5.02 Å². The summed E-state index contributed by atoms with van der Waals surface area (Å²) in [5, 5.41) is 19.8. The molecule has 0 radical (unpaired) electrons. The molecule has 1 aromatic carbocycles. The molecule has 1 rings (SSSR count). The molecule has 0 spiro atoms. The number of carboxylic acids is 1. The van der Waals surface area contributed by atoms with Crippen molar-refractivity contribution in [3.63, 3.8) is 0 Å². The topological polar surface area (TPSA) is 60.4 Å². The van der Waals surface area contributed by atoms with E-state index in [9.17, 15) is 9.90 Å². The summed E-state index contributed by atoms with van der Waals surface area (Å²) in [7, 11) is 0. The van der Waals surface area contributed by atoms with E-state index in [-0.39, 0.29) is 5.56 Å². The van der Waals surface area contributed by atoms with E-state index in [2.05, 4.69) is 0 Å². The maximum Gasteiger partial charge on any atom is 0.118 e. The van der Waals surface area contributed by atoms with E-state index in [0.717, 1.165) is 5.56 Å². The number of carboxylic acid groups (broad SMARTS) is 1. The molecule has 0 amide bonds. The van der Waals surface area contributed by atoms with E-state index in [1.807, 2.05) is 0 Å². The number of aliphatic hydroxyl groups excluding tert-OH is 1. The van der Waals surface area contributed by atoms with Gasteiger partial charge >= 0.3 is 0 Å². The van der Waals surface area contributed by atoms with Crippen molar-refractivity contribution in [1.29, 1.82) is 0 Å². The molecule has 0 aromatic heterocycles.